The van der Waals surface area contributed by atoms with Crippen LogP contribution in [0.1, 0.15) is 18.1 Å². The number of hydrogen-bond donors (Lipinski definition) is 1. The molecule has 0 saturated heterocycles. The molecule has 1 N–H and O–H groups in total. The molecule has 1 atom stereocenters. The number of carbonyl (C=O) groups excluding carboxylic acids is 2. The minimum atomic E-state index is -0.973. The van der Waals surface area contributed by atoms with E-state index in [0.717, 1.165) is 5.56 Å². The van der Waals surface area contributed by atoms with Crippen LogP contribution in [-0.2, 0) is 14.3 Å². The zero-order chi connectivity index (χ0) is 19.3. The molecule has 0 aliphatic heterocycles. The molecule has 0 heterocycles. The number of nitrogens with one attached hydrogen (secondary N) is 1. The van der Waals surface area contributed by atoms with Crippen molar-refractivity contribution < 1.29 is 14.3 Å². The lowest BCUT2D eigenvalue weighted by atomic mass is 10.2. The second kappa shape index (κ2) is 9.08. The number of halogens is 3. The largest absolute Gasteiger partial charge is 0.449 e. The number of anilines is 1. The average molecular weight is 413 g/mol. The molecule has 4 nitrogen and oxygen atoms in total. The Morgan fingerprint density at radius 3 is 2.50 bits per heavy atom. The number of carbonyl (C=O) groups is 2. The molecule has 2 rings (SSSR count). The molecule has 0 aromatic heterocycles. The van der Waals surface area contributed by atoms with Gasteiger partial charge < -0.3 is 10.1 Å². The van der Waals surface area contributed by atoms with Crippen molar-refractivity contribution in [3.05, 3.63) is 68.7 Å². The molecule has 1 amide bonds. The Kier molecular flexibility index (Phi) is 7.09. The maximum Gasteiger partial charge on any atom is 0.331 e. The monoisotopic (exact) mass is 411 g/mol. The summed E-state index contributed by atoms with van der Waals surface area (Å²) in [7, 11) is 0. The third-order valence-electron chi connectivity index (χ3n) is 3.54. The Morgan fingerprint density at radius 2 is 1.81 bits per heavy atom. The third kappa shape index (κ3) is 5.49. The van der Waals surface area contributed by atoms with Gasteiger partial charge in [-0.1, -0.05) is 46.9 Å². The number of ether oxygens (including phenoxy) is 1. The molecular weight excluding hydrogens is 397 g/mol. The fraction of sp³-hybridized carbons (Fsp3) is 0.158. The van der Waals surface area contributed by atoms with Crippen LogP contribution < -0.4 is 5.32 Å². The average Bonchev–Trinajstić information content (AvgIpc) is 2.60. The first-order valence-corrected chi connectivity index (χ1v) is 8.81. The highest BCUT2D eigenvalue weighted by Crippen LogP contribution is 2.24. The summed E-state index contributed by atoms with van der Waals surface area (Å²) in [6.45, 7) is 3.27. The van der Waals surface area contributed by atoms with Gasteiger partial charge >= 0.3 is 5.97 Å². The summed E-state index contributed by atoms with van der Waals surface area (Å²) in [5.41, 5.74) is 1.99. The second-order valence-electron chi connectivity index (χ2n) is 5.49. The van der Waals surface area contributed by atoms with Crippen LogP contribution in [0.25, 0.3) is 6.08 Å². The lowest BCUT2D eigenvalue weighted by Crippen LogP contribution is -2.29. The van der Waals surface area contributed by atoms with Crippen molar-refractivity contribution >= 4 is 58.4 Å². The molecule has 0 bridgehead atoms. The topological polar surface area (TPSA) is 55.4 Å². The third-order valence-corrected chi connectivity index (χ3v) is 4.69. The van der Waals surface area contributed by atoms with E-state index in [-0.39, 0.29) is 0 Å². The predicted octanol–water partition coefficient (Wildman–Crippen LogP) is 5.54. The van der Waals surface area contributed by atoms with Gasteiger partial charge in [0, 0.05) is 16.8 Å². The van der Waals surface area contributed by atoms with E-state index in [1.54, 1.807) is 43.3 Å². The van der Waals surface area contributed by atoms with E-state index in [1.165, 1.54) is 19.1 Å². The summed E-state index contributed by atoms with van der Waals surface area (Å²) in [5.74, 6) is -1.10. The smallest absolute Gasteiger partial charge is 0.331 e. The zero-order valence-corrected chi connectivity index (χ0v) is 16.3. The van der Waals surface area contributed by atoms with Gasteiger partial charge in [0.25, 0.3) is 5.91 Å². The molecule has 0 radical (unpaired) electrons. The van der Waals surface area contributed by atoms with E-state index in [0.29, 0.717) is 26.3 Å². The fourth-order valence-electron chi connectivity index (χ4n) is 2.02. The number of amides is 1. The quantitative estimate of drug-likeness (QED) is 0.518. The van der Waals surface area contributed by atoms with Gasteiger partial charge in [-0.05, 0) is 55.3 Å². The molecule has 0 saturated carbocycles. The van der Waals surface area contributed by atoms with Gasteiger partial charge in [0.15, 0.2) is 6.10 Å². The van der Waals surface area contributed by atoms with Crippen LogP contribution in [-0.4, -0.2) is 18.0 Å². The lowest BCUT2D eigenvalue weighted by molar-refractivity contribution is -0.148. The maximum absolute atomic E-state index is 12.2. The Hall–Kier alpha value is -2.01. The standard InChI is InChI=1S/C19H16Cl3NO3/c1-11-14(20)4-3-5-17(11)23-19(25)12(2)26-18(24)9-7-13-6-8-15(21)16(22)10-13/h3-10,12H,1-2H3,(H,23,25)/b9-7+/t12-/m0/s1. The van der Waals surface area contributed by atoms with Gasteiger partial charge in [-0.15, -0.1) is 0 Å². The van der Waals surface area contributed by atoms with Crippen molar-refractivity contribution in [2.75, 3.05) is 5.32 Å². The molecule has 0 aliphatic carbocycles. The van der Waals surface area contributed by atoms with Crippen LogP contribution in [0, 0.1) is 6.92 Å². The van der Waals surface area contributed by atoms with Crippen molar-refractivity contribution in [3.63, 3.8) is 0 Å². The van der Waals surface area contributed by atoms with Gasteiger partial charge in [0.1, 0.15) is 0 Å². The summed E-state index contributed by atoms with van der Waals surface area (Å²) in [6, 6.07) is 10.1. The van der Waals surface area contributed by atoms with E-state index in [9.17, 15) is 9.59 Å². The van der Waals surface area contributed by atoms with Crippen LogP contribution >= 0.6 is 34.8 Å². The molecule has 0 aliphatic rings. The van der Waals surface area contributed by atoms with Crippen LogP contribution in [0.4, 0.5) is 5.69 Å². The Labute approximate surface area is 166 Å². The molecule has 0 fully saturated rings. The molecule has 26 heavy (non-hydrogen) atoms. The normalized spacial score (nSPS) is 12.0. The van der Waals surface area contributed by atoms with Crippen molar-refractivity contribution in [1.29, 1.82) is 0 Å². The molecule has 2 aromatic rings. The highest BCUT2D eigenvalue weighted by atomic mass is 35.5. The van der Waals surface area contributed by atoms with Gasteiger partial charge in [0.05, 0.1) is 10.0 Å². The first kappa shape index (κ1) is 20.3. The van der Waals surface area contributed by atoms with Crippen LogP contribution in [0.5, 0.6) is 0 Å². The van der Waals surface area contributed by atoms with Gasteiger partial charge in [0.2, 0.25) is 0 Å². The number of rotatable bonds is 5. The van der Waals surface area contributed by atoms with Gasteiger partial charge in [-0.25, -0.2) is 4.79 Å². The second-order valence-corrected chi connectivity index (χ2v) is 6.71. The SMILES string of the molecule is Cc1c(Cl)cccc1NC(=O)[C@H](C)OC(=O)/C=C/c1ccc(Cl)c(Cl)c1. The molecule has 136 valence electrons. The van der Waals surface area contributed by atoms with Crippen molar-refractivity contribution in [2.45, 2.75) is 20.0 Å². The minimum absolute atomic E-state index is 0.381. The number of benzene rings is 2. The van der Waals surface area contributed by atoms with Crippen molar-refractivity contribution in [3.8, 4) is 0 Å². The van der Waals surface area contributed by atoms with Gasteiger partial charge in [-0.2, -0.15) is 0 Å². The fourth-order valence-corrected chi connectivity index (χ4v) is 2.51. The minimum Gasteiger partial charge on any atom is -0.449 e. The van der Waals surface area contributed by atoms with Gasteiger partial charge in [-0.3, -0.25) is 4.79 Å². The predicted molar refractivity (Wildman–Crippen MR) is 106 cm³/mol. The van der Waals surface area contributed by atoms with Crippen molar-refractivity contribution in [2.24, 2.45) is 0 Å². The van der Waals surface area contributed by atoms with E-state index < -0.39 is 18.0 Å². The first-order chi connectivity index (χ1) is 12.3. The summed E-state index contributed by atoms with van der Waals surface area (Å²) >= 11 is 17.8. The lowest BCUT2D eigenvalue weighted by Gasteiger charge is -2.14. The Morgan fingerprint density at radius 1 is 1.08 bits per heavy atom. The number of hydrogen-bond acceptors (Lipinski definition) is 3. The van der Waals surface area contributed by atoms with E-state index in [4.69, 9.17) is 39.5 Å². The summed E-state index contributed by atoms with van der Waals surface area (Å²) < 4.78 is 5.10. The van der Waals surface area contributed by atoms with E-state index >= 15 is 0 Å². The van der Waals surface area contributed by atoms with Crippen LogP contribution in [0.3, 0.4) is 0 Å². The molecule has 2 aromatic carbocycles. The van der Waals surface area contributed by atoms with Crippen LogP contribution in [0.15, 0.2) is 42.5 Å². The molecule has 7 heteroatoms. The summed E-state index contributed by atoms with van der Waals surface area (Å²) in [5, 5.41) is 4.03. The van der Waals surface area contributed by atoms with Crippen molar-refractivity contribution in [1.82, 2.24) is 0 Å². The van der Waals surface area contributed by atoms with E-state index in [2.05, 4.69) is 5.32 Å². The highest BCUT2D eigenvalue weighted by Gasteiger charge is 2.17. The Balaban J connectivity index is 1.95. The van der Waals surface area contributed by atoms with Crippen LogP contribution in [0.2, 0.25) is 15.1 Å². The molecular formula is C19H16Cl3NO3. The Bertz CT molecular complexity index is 865. The maximum atomic E-state index is 12.2. The zero-order valence-electron chi connectivity index (χ0n) is 14.1. The summed E-state index contributed by atoms with van der Waals surface area (Å²) in [4.78, 5) is 24.1. The number of esters is 1. The molecule has 0 unspecified atom stereocenters. The van der Waals surface area contributed by atoms with E-state index in [1.807, 2.05) is 0 Å². The molecule has 0 spiro atoms. The highest BCUT2D eigenvalue weighted by molar-refractivity contribution is 6.42. The first-order valence-electron chi connectivity index (χ1n) is 7.67. The summed E-state index contributed by atoms with van der Waals surface area (Å²) in [6.07, 6.45) is 1.77.